The Hall–Kier alpha value is -1.35. The molecule has 16 heavy (non-hydrogen) atoms. The maximum absolute atomic E-state index is 5.59. The Morgan fingerprint density at radius 1 is 1.44 bits per heavy atom. The first kappa shape index (κ1) is 11.1. The molecule has 2 N–H and O–H groups in total. The third kappa shape index (κ3) is 1.83. The Kier molecular flexibility index (Phi) is 2.97. The highest BCUT2D eigenvalue weighted by atomic mass is 15.0. The van der Waals surface area contributed by atoms with Crippen LogP contribution in [0.15, 0.2) is 18.2 Å². The third-order valence-corrected chi connectivity index (χ3v) is 3.30. The quantitative estimate of drug-likeness (QED) is 0.857. The van der Waals surface area contributed by atoms with Crippen molar-refractivity contribution in [2.45, 2.75) is 26.2 Å². The molecule has 0 amide bonds. The monoisotopic (exact) mass is 217 g/mol. The number of hydrogen-bond donors (Lipinski definition) is 1. The maximum Gasteiger partial charge on any atom is 0.106 e. The van der Waals surface area contributed by atoms with Crippen LogP contribution in [0.5, 0.6) is 0 Å². The molecule has 3 heteroatoms. The van der Waals surface area contributed by atoms with Crippen molar-refractivity contribution in [3.63, 3.8) is 0 Å². The van der Waals surface area contributed by atoms with Gasteiger partial charge in [-0.3, -0.25) is 0 Å². The van der Waals surface area contributed by atoms with Gasteiger partial charge in [-0.2, -0.15) is 0 Å². The predicted octanol–water partition coefficient (Wildman–Crippen LogP) is 2.33. The van der Waals surface area contributed by atoms with E-state index < -0.39 is 0 Å². The molecule has 1 aromatic heterocycles. The number of aromatic nitrogens is 2. The Morgan fingerprint density at radius 2 is 2.19 bits per heavy atom. The fraction of sp³-hybridized carbons (Fsp3) is 0.462. The minimum absolute atomic E-state index is 0.511. The van der Waals surface area contributed by atoms with Gasteiger partial charge < -0.3 is 10.3 Å². The van der Waals surface area contributed by atoms with Crippen LogP contribution in [-0.4, -0.2) is 16.1 Å². The molecular formula is C13H19N3. The minimum atomic E-state index is 0.511. The average molecular weight is 217 g/mol. The molecule has 0 aliphatic rings. The van der Waals surface area contributed by atoms with Gasteiger partial charge in [0.1, 0.15) is 5.82 Å². The summed E-state index contributed by atoms with van der Waals surface area (Å²) < 4.78 is 2.12. The molecule has 0 aliphatic heterocycles. The number of aryl methyl sites for hydroxylation is 2. The lowest BCUT2D eigenvalue weighted by molar-refractivity contribution is 0.691. The van der Waals surface area contributed by atoms with E-state index in [9.17, 15) is 0 Å². The summed E-state index contributed by atoms with van der Waals surface area (Å²) in [5.41, 5.74) is 9.20. The van der Waals surface area contributed by atoms with E-state index in [2.05, 4.69) is 34.7 Å². The molecule has 0 bridgehead atoms. The van der Waals surface area contributed by atoms with Gasteiger partial charge in [0.05, 0.1) is 11.0 Å². The number of nitrogens with zero attached hydrogens (tertiary/aromatic N) is 2. The van der Waals surface area contributed by atoms with Crippen molar-refractivity contribution >= 4 is 11.0 Å². The van der Waals surface area contributed by atoms with Crippen molar-refractivity contribution in [2.24, 2.45) is 12.8 Å². The normalized spacial score (nSPS) is 13.2. The molecule has 1 heterocycles. The molecule has 1 aromatic carbocycles. The molecule has 2 aromatic rings. The van der Waals surface area contributed by atoms with Gasteiger partial charge in [0.25, 0.3) is 0 Å². The molecule has 0 aliphatic carbocycles. The zero-order valence-electron chi connectivity index (χ0n) is 10.2. The van der Waals surface area contributed by atoms with Crippen LogP contribution in [-0.2, 0) is 7.05 Å². The van der Waals surface area contributed by atoms with Crippen molar-refractivity contribution in [3.05, 3.63) is 29.6 Å². The summed E-state index contributed by atoms with van der Waals surface area (Å²) in [5, 5.41) is 0. The van der Waals surface area contributed by atoms with E-state index in [1.165, 1.54) is 11.1 Å². The molecule has 0 spiro atoms. The van der Waals surface area contributed by atoms with Crippen molar-refractivity contribution in [1.82, 2.24) is 9.55 Å². The minimum Gasteiger partial charge on any atom is -0.331 e. The SMILES string of the molecule is Cc1nc2cc(C(C)CCN)ccc2n1C. The summed E-state index contributed by atoms with van der Waals surface area (Å²) in [4.78, 5) is 4.55. The van der Waals surface area contributed by atoms with E-state index >= 15 is 0 Å². The molecule has 0 fully saturated rings. The van der Waals surface area contributed by atoms with Crippen LogP contribution in [0.1, 0.15) is 30.7 Å². The first-order chi connectivity index (χ1) is 7.63. The van der Waals surface area contributed by atoms with Crippen LogP contribution in [0.4, 0.5) is 0 Å². The number of rotatable bonds is 3. The molecule has 1 unspecified atom stereocenters. The van der Waals surface area contributed by atoms with Gasteiger partial charge in [-0.05, 0) is 43.5 Å². The lowest BCUT2D eigenvalue weighted by Crippen LogP contribution is -2.04. The van der Waals surface area contributed by atoms with Crippen molar-refractivity contribution in [3.8, 4) is 0 Å². The number of benzene rings is 1. The fourth-order valence-electron chi connectivity index (χ4n) is 2.06. The summed E-state index contributed by atoms with van der Waals surface area (Å²) in [7, 11) is 2.05. The lowest BCUT2D eigenvalue weighted by atomic mass is 9.97. The predicted molar refractivity (Wildman–Crippen MR) is 67.5 cm³/mol. The van der Waals surface area contributed by atoms with Crippen molar-refractivity contribution < 1.29 is 0 Å². The van der Waals surface area contributed by atoms with E-state index in [4.69, 9.17) is 5.73 Å². The van der Waals surface area contributed by atoms with Crippen LogP contribution >= 0.6 is 0 Å². The zero-order valence-corrected chi connectivity index (χ0v) is 10.2. The second-order valence-corrected chi connectivity index (χ2v) is 4.44. The largest absolute Gasteiger partial charge is 0.331 e. The molecule has 2 rings (SSSR count). The number of hydrogen-bond acceptors (Lipinski definition) is 2. The zero-order chi connectivity index (χ0) is 11.7. The van der Waals surface area contributed by atoms with Gasteiger partial charge in [0, 0.05) is 7.05 Å². The van der Waals surface area contributed by atoms with Crippen LogP contribution < -0.4 is 5.73 Å². The van der Waals surface area contributed by atoms with E-state index in [1.807, 2.05) is 14.0 Å². The van der Waals surface area contributed by atoms with E-state index in [0.717, 1.165) is 24.3 Å². The highest BCUT2D eigenvalue weighted by Crippen LogP contribution is 2.23. The topological polar surface area (TPSA) is 43.8 Å². The summed E-state index contributed by atoms with van der Waals surface area (Å²) in [5.74, 6) is 1.57. The van der Waals surface area contributed by atoms with Gasteiger partial charge in [0.15, 0.2) is 0 Å². The van der Waals surface area contributed by atoms with Crippen molar-refractivity contribution in [2.75, 3.05) is 6.54 Å². The molecule has 0 saturated heterocycles. The number of imidazole rings is 1. The van der Waals surface area contributed by atoms with Crippen molar-refractivity contribution in [1.29, 1.82) is 0 Å². The van der Waals surface area contributed by atoms with Crippen LogP contribution in [0, 0.1) is 6.92 Å². The number of nitrogens with two attached hydrogens (primary N) is 1. The maximum atomic E-state index is 5.59. The Bertz CT molecular complexity index is 499. The molecular weight excluding hydrogens is 198 g/mol. The van der Waals surface area contributed by atoms with E-state index in [0.29, 0.717) is 5.92 Å². The van der Waals surface area contributed by atoms with Crippen LogP contribution in [0.3, 0.4) is 0 Å². The van der Waals surface area contributed by atoms with Crippen LogP contribution in [0.2, 0.25) is 0 Å². The van der Waals surface area contributed by atoms with Crippen LogP contribution in [0.25, 0.3) is 11.0 Å². The molecule has 1 atom stereocenters. The van der Waals surface area contributed by atoms with Gasteiger partial charge in [0.2, 0.25) is 0 Å². The molecule has 0 radical (unpaired) electrons. The second-order valence-electron chi connectivity index (χ2n) is 4.44. The van der Waals surface area contributed by atoms with E-state index in [-0.39, 0.29) is 0 Å². The fourth-order valence-corrected chi connectivity index (χ4v) is 2.06. The van der Waals surface area contributed by atoms with Gasteiger partial charge in [-0.25, -0.2) is 4.98 Å². The Morgan fingerprint density at radius 3 is 2.88 bits per heavy atom. The summed E-state index contributed by atoms with van der Waals surface area (Å²) >= 11 is 0. The summed E-state index contributed by atoms with van der Waals surface area (Å²) in [6.45, 7) is 4.98. The molecule has 0 saturated carbocycles. The average Bonchev–Trinajstić information content (AvgIpc) is 2.55. The standard InChI is InChI=1S/C13H19N3/c1-9(6-7-14)11-4-5-13-12(8-11)15-10(2)16(13)3/h4-5,8-9H,6-7,14H2,1-3H3. The molecule has 3 nitrogen and oxygen atoms in total. The highest BCUT2D eigenvalue weighted by molar-refractivity contribution is 5.76. The molecule has 86 valence electrons. The van der Waals surface area contributed by atoms with E-state index in [1.54, 1.807) is 0 Å². The second kappa shape index (κ2) is 4.26. The third-order valence-electron chi connectivity index (χ3n) is 3.30. The van der Waals surface area contributed by atoms with Gasteiger partial charge in [-0.1, -0.05) is 13.0 Å². The number of fused-ring (bicyclic) bond motifs is 1. The van der Waals surface area contributed by atoms with Gasteiger partial charge in [-0.15, -0.1) is 0 Å². The highest BCUT2D eigenvalue weighted by Gasteiger charge is 2.08. The Balaban J connectivity index is 2.44. The Labute approximate surface area is 96.3 Å². The summed E-state index contributed by atoms with van der Waals surface area (Å²) in [6, 6.07) is 6.52. The first-order valence-corrected chi connectivity index (χ1v) is 5.76. The lowest BCUT2D eigenvalue weighted by Gasteiger charge is -2.10. The first-order valence-electron chi connectivity index (χ1n) is 5.76. The van der Waals surface area contributed by atoms with Gasteiger partial charge >= 0.3 is 0 Å². The smallest absolute Gasteiger partial charge is 0.106 e. The summed E-state index contributed by atoms with van der Waals surface area (Å²) in [6.07, 6.45) is 1.03.